The van der Waals surface area contributed by atoms with Crippen molar-refractivity contribution in [1.29, 1.82) is 0 Å². The van der Waals surface area contributed by atoms with Gasteiger partial charge in [0.25, 0.3) is 9.84 Å². The second kappa shape index (κ2) is 7.68. The Balaban J connectivity index is 2.07. The highest BCUT2D eigenvalue weighted by atomic mass is 32.2. The molecule has 3 aromatic rings. The Labute approximate surface area is 167 Å². The highest BCUT2D eigenvalue weighted by molar-refractivity contribution is 7.91. The lowest BCUT2D eigenvalue weighted by Crippen LogP contribution is -2.30. The van der Waals surface area contributed by atoms with Crippen molar-refractivity contribution in [3.05, 3.63) is 65.6 Å². The molecule has 0 amide bonds. The molecular formula is C18H17N2O7S2+. The van der Waals surface area contributed by atoms with Crippen molar-refractivity contribution >= 4 is 19.7 Å². The number of H-pyrrole nitrogens is 1. The molecule has 1 N–H and O–H groups in total. The van der Waals surface area contributed by atoms with Crippen LogP contribution in [0.25, 0.3) is 0 Å². The summed E-state index contributed by atoms with van der Waals surface area (Å²) in [6, 6.07) is 13.2. The van der Waals surface area contributed by atoms with Gasteiger partial charge in [0, 0.05) is 6.07 Å². The summed E-state index contributed by atoms with van der Waals surface area (Å²) < 4.78 is 61.0. The van der Waals surface area contributed by atoms with Crippen LogP contribution in [0.3, 0.4) is 0 Å². The van der Waals surface area contributed by atoms with Gasteiger partial charge in [0.1, 0.15) is 11.5 Å². The van der Waals surface area contributed by atoms with E-state index in [2.05, 4.69) is 5.10 Å². The molecule has 152 valence electrons. The lowest BCUT2D eigenvalue weighted by Gasteiger charge is -2.05. The summed E-state index contributed by atoms with van der Waals surface area (Å²) in [4.78, 5) is 12.1. The minimum atomic E-state index is -4.22. The van der Waals surface area contributed by atoms with Crippen LogP contribution in [0.4, 0.5) is 0 Å². The summed E-state index contributed by atoms with van der Waals surface area (Å²) in [7, 11) is -5.55. The number of nitrogens with zero attached hydrogens (tertiary/aromatic N) is 1. The topological polar surface area (TPSA) is 126 Å². The normalized spacial score (nSPS) is 11.8. The first kappa shape index (κ1) is 20.6. The molecule has 2 aromatic carbocycles. The first-order valence-electron chi connectivity index (χ1n) is 8.14. The third-order valence-corrected chi connectivity index (χ3v) is 7.47. The van der Waals surface area contributed by atoms with E-state index in [-0.39, 0.29) is 14.3 Å². The maximum atomic E-state index is 12.8. The predicted molar refractivity (Wildman–Crippen MR) is 101 cm³/mol. The van der Waals surface area contributed by atoms with Crippen LogP contribution in [0.5, 0.6) is 11.5 Å². The fourth-order valence-corrected chi connectivity index (χ4v) is 5.05. The minimum Gasteiger partial charge on any atom is -0.497 e. The van der Waals surface area contributed by atoms with Crippen molar-refractivity contribution in [3.63, 3.8) is 0 Å². The van der Waals surface area contributed by atoms with Crippen molar-refractivity contribution in [2.75, 3.05) is 14.2 Å². The summed E-state index contributed by atoms with van der Waals surface area (Å²) in [5.74, 6) is 0.614. The van der Waals surface area contributed by atoms with Crippen LogP contribution < -0.4 is 14.0 Å². The number of sulfone groups is 2. The van der Waals surface area contributed by atoms with E-state index in [1.165, 1.54) is 50.6 Å². The molecule has 9 nitrogen and oxygen atoms in total. The van der Waals surface area contributed by atoms with E-state index in [4.69, 9.17) is 9.47 Å². The Morgan fingerprint density at radius 1 is 0.759 bits per heavy atom. The molecule has 0 aliphatic carbocycles. The second-order valence-corrected chi connectivity index (χ2v) is 9.62. The Kier molecular flexibility index (Phi) is 5.44. The average Bonchev–Trinajstić information content (AvgIpc) is 2.73. The van der Waals surface area contributed by atoms with Gasteiger partial charge in [-0.2, -0.15) is 0 Å². The molecule has 0 aliphatic heterocycles. The molecule has 0 saturated carbocycles. The van der Waals surface area contributed by atoms with Crippen molar-refractivity contribution < 1.29 is 30.9 Å². The van der Waals surface area contributed by atoms with E-state index in [1.807, 2.05) is 0 Å². The van der Waals surface area contributed by atoms with E-state index in [1.54, 1.807) is 12.1 Å². The number of ether oxygens (including phenoxy) is 2. The average molecular weight is 437 g/mol. The Morgan fingerprint density at radius 3 is 1.76 bits per heavy atom. The number of aromatic nitrogens is 2. The molecule has 0 bridgehead atoms. The molecule has 1 aromatic heterocycles. The number of hydrogen-bond acceptors (Lipinski definition) is 7. The van der Waals surface area contributed by atoms with Crippen molar-refractivity contribution in [3.8, 4) is 11.5 Å². The van der Waals surface area contributed by atoms with Crippen molar-refractivity contribution in [2.24, 2.45) is 0 Å². The van der Waals surface area contributed by atoms with Crippen LogP contribution in [-0.2, 0) is 19.7 Å². The minimum absolute atomic E-state index is 0.0954. The first-order valence-corrected chi connectivity index (χ1v) is 11.1. The smallest absolute Gasteiger partial charge is 0.386 e. The number of hydrogen-bond donors (Lipinski definition) is 1. The van der Waals surface area contributed by atoms with E-state index in [9.17, 15) is 21.7 Å². The van der Waals surface area contributed by atoms with Gasteiger partial charge in [-0.15, -0.1) is 5.10 Å². The van der Waals surface area contributed by atoms with Crippen LogP contribution >= 0.6 is 0 Å². The van der Waals surface area contributed by atoms with Gasteiger partial charge in [-0.1, -0.05) is 12.1 Å². The molecule has 0 unspecified atom stereocenters. The number of methoxy groups -OCH3 is 2. The Hall–Kier alpha value is -3.18. The van der Waals surface area contributed by atoms with Crippen LogP contribution in [0.1, 0.15) is 0 Å². The summed E-state index contributed by atoms with van der Waals surface area (Å²) in [5, 5.41) is 0.954. The quantitative estimate of drug-likeness (QED) is 0.581. The van der Waals surface area contributed by atoms with Gasteiger partial charge >= 0.3 is 5.03 Å². The number of aromatic amines is 1. The molecule has 0 atom stereocenters. The van der Waals surface area contributed by atoms with Gasteiger partial charge in [0.05, 0.1) is 28.9 Å². The van der Waals surface area contributed by atoms with Crippen LogP contribution in [0.15, 0.2) is 80.5 Å². The maximum Gasteiger partial charge on any atom is 0.386 e. The molecule has 0 aliphatic rings. The molecule has 1 heterocycles. The molecule has 0 radical (unpaired) electrons. The van der Waals surface area contributed by atoms with Gasteiger partial charge in [-0.05, 0) is 42.5 Å². The van der Waals surface area contributed by atoms with Crippen LogP contribution in [-0.4, -0.2) is 36.2 Å². The molecular weight excluding hydrogens is 420 g/mol. The fraction of sp³-hybridized carbons (Fsp3) is 0.111. The van der Waals surface area contributed by atoms with E-state index in [0.717, 1.165) is 12.1 Å². The van der Waals surface area contributed by atoms with Gasteiger partial charge in [0.2, 0.25) is 9.84 Å². The van der Waals surface area contributed by atoms with Gasteiger partial charge in [0.15, 0.2) is 9.57 Å². The standard InChI is InChI=1S/C18H17N2O7S2/c1-26-13-5-3-7-15(11-13)28(22,23)17-9-10-18(20(21)19-17)29(24,25)16-8-4-6-14(12-16)27-2/h3-12H,1-2H3,(H,19,21)/q+1. The van der Waals surface area contributed by atoms with Gasteiger partial charge < -0.3 is 9.47 Å². The van der Waals surface area contributed by atoms with E-state index in [0.29, 0.717) is 11.5 Å². The molecule has 3 rings (SSSR count). The van der Waals surface area contributed by atoms with Crippen LogP contribution in [0.2, 0.25) is 0 Å². The fourth-order valence-electron chi connectivity index (χ4n) is 2.54. The Morgan fingerprint density at radius 2 is 1.28 bits per heavy atom. The first-order chi connectivity index (χ1) is 13.7. The number of benzene rings is 2. The van der Waals surface area contributed by atoms with E-state index >= 15 is 0 Å². The van der Waals surface area contributed by atoms with Gasteiger partial charge in [-0.3, -0.25) is 0 Å². The summed E-state index contributed by atoms with van der Waals surface area (Å²) >= 11 is 0. The monoisotopic (exact) mass is 437 g/mol. The third kappa shape index (κ3) is 3.87. The lowest BCUT2D eigenvalue weighted by molar-refractivity contribution is -0.610. The van der Waals surface area contributed by atoms with Crippen LogP contribution in [0, 0.1) is 4.91 Å². The zero-order valence-electron chi connectivity index (χ0n) is 15.4. The zero-order valence-corrected chi connectivity index (χ0v) is 17.0. The number of rotatable bonds is 6. The lowest BCUT2D eigenvalue weighted by atomic mass is 10.3. The highest BCUT2D eigenvalue weighted by Crippen LogP contribution is 2.25. The molecule has 29 heavy (non-hydrogen) atoms. The van der Waals surface area contributed by atoms with E-state index < -0.39 is 29.7 Å². The number of nitrogens with one attached hydrogen (secondary N) is 1. The maximum absolute atomic E-state index is 12.8. The molecule has 0 fully saturated rings. The SMILES string of the molecule is COc1cccc(S(=O)(=O)c2ccc(S(=O)(=O)c3cccc(OC)c3)[n+](=O)[nH]2)c1. The largest absolute Gasteiger partial charge is 0.497 e. The summed E-state index contributed by atoms with van der Waals surface area (Å²) in [5.41, 5.74) is 0. The summed E-state index contributed by atoms with van der Waals surface area (Å²) in [6.45, 7) is 0. The predicted octanol–water partition coefficient (Wildman–Crippen LogP) is 1.61. The Bertz CT molecular complexity index is 1330. The highest BCUT2D eigenvalue weighted by Gasteiger charge is 2.32. The second-order valence-electron chi connectivity index (χ2n) is 5.81. The summed E-state index contributed by atoms with van der Waals surface area (Å²) in [6.07, 6.45) is 0. The van der Waals surface area contributed by atoms with Crippen molar-refractivity contribution in [2.45, 2.75) is 19.8 Å². The molecule has 0 saturated heterocycles. The molecule has 0 spiro atoms. The zero-order chi connectivity index (χ0) is 21.2. The van der Waals surface area contributed by atoms with Gasteiger partial charge in [-0.25, -0.2) is 16.8 Å². The van der Waals surface area contributed by atoms with Crippen molar-refractivity contribution in [1.82, 2.24) is 5.10 Å². The molecule has 11 heteroatoms. The third-order valence-electron chi connectivity index (χ3n) is 4.06.